The Bertz CT molecular complexity index is 523. The number of hydrogen-bond donors (Lipinski definition) is 2. The Morgan fingerprint density at radius 1 is 1.42 bits per heavy atom. The Morgan fingerprint density at radius 2 is 2.05 bits per heavy atom. The van der Waals surface area contributed by atoms with Crippen LogP contribution in [0.1, 0.15) is 18.9 Å². The highest BCUT2D eigenvalue weighted by Gasteiger charge is 2.23. The van der Waals surface area contributed by atoms with Crippen molar-refractivity contribution in [3.05, 3.63) is 22.7 Å². The van der Waals surface area contributed by atoms with Crippen LogP contribution in [-0.4, -0.2) is 37.5 Å². The molecule has 0 bridgehead atoms. The quantitative estimate of drug-likeness (QED) is 0.782. The van der Waals surface area contributed by atoms with Crippen LogP contribution in [0, 0.1) is 6.92 Å². The van der Waals surface area contributed by atoms with E-state index in [9.17, 15) is 8.42 Å². The number of aliphatic hydroxyl groups excluding tert-OH is 1. The first-order chi connectivity index (χ1) is 8.84. The largest absolute Gasteiger partial charge is 0.397 e. The highest BCUT2D eigenvalue weighted by molar-refractivity contribution is 7.89. The van der Waals surface area contributed by atoms with Crippen molar-refractivity contribution in [1.29, 1.82) is 0 Å². The summed E-state index contributed by atoms with van der Waals surface area (Å²) in [7, 11) is -3.60. The van der Waals surface area contributed by atoms with Crippen LogP contribution < -0.4 is 5.73 Å². The molecule has 0 spiro atoms. The monoisotopic (exact) mass is 306 g/mol. The highest BCUT2D eigenvalue weighted by atomic mass is 35.5. The molecular formula is C12H19ClN2O3S. The van der Waals surface area contributed by atoms with Crippen molar-refractivity contribution < 1.29 is 13.5 Å². The zero-order chi connectivity index (χ0) is 14.6. The van der Waals surface area contributed by atoms with Gasteiger partial charge in [-0.3, -0.25) is 0 Å². The van der Waals surface area contributed by atoms with E-state index in [1.54, 1.807) is 13.8 Å². The molecule has 0 aliphatic rings. The minimum atomic E-state index is -3.60. The van der Waals surface area contributed by atoms with E-state index in [2.05, 4.69) is 0 Å². The Labute approximate surface area is 119 Å². The minimum absolute atomic E-state index is 0.0478. The van der Waals surface area contributed by atoms with Crippen LogP contribution in [0.25, 0.3) is 0 Å². The number of aliphatic hydroxyl groups is 1. The summed E-state index contributed by atoms with van der Waals surface area (Å²) in [5.41, 5.74) is 6.58. The first-order valence-electron chi connectivity index (χ1n) is 6.01. The average Bonchev–Trinajstić information content (AvgIpc) is 2.36. The first-order valence-corrected chi connectivity index (χ1v) is 7.83. The number of anilines is 1. The molecular weight excluding hydrogens is 288 g/mol. The first kappa shape index (κ1) is 16.2. The van der Waals surface area contributed by atoms with E-state index < -0.39 is 10.0 Å². The van der Waals surface area contributed by atoms with Crippen molar-refractivity contribution in [1.82, 2.24) is 4.31 Å². The molecule has 7 heteroatoms. The zero-order valence-electron chi connectivity index (χ0n) is 11.1. The lowest BCUT2D eigenvalue weighted by Crippen LogP contribution is -2.32. The van der Waals surface area contributed by atoms with Crippen molar-refractivity contribution in [3.8, 4) is 0 Å². The Morgan fingerprint density at radius 3 is 2.53 bits per heavy atom. The van der Waals surface area contributed by atoms with Crippen LogP contribution in [0.2, 0.25) is 5.02 Å². The molecule has 0 fully saturated rings. The molecule has 0 atom stereocenters. The number of hydrogen-bond acceptors (Lipinski definition) is 4. The normalized spacial score (nSPS) is 12.1. The Balaban J connectivity index is 3.18. The van der Waals surface area contributed by atoms with Gasteiger partial charge in [0.15, 0.2) is 0 Å². The standard InChI is InChI=1S/C12H19ClN2O3S/c1-3-15(5-4-6-16)19(17,18)10-7-9(2)12(13)11(14)8-10/h7-8,16H,3-6,14H2,1-2H3. The van der Waals surface area contributed by atoms with Crippen molar-refractivity contribution in [2.24, 2.45) is 0 Å². The van der Waals surface area contributed by atoms with Gasteiger partial charge in [-0.2, -0.15) is 4.31 Å². The molecule has 0 amide bonds. The lowest BCUT2D eigenvalue weighted by Gasteiger charge is -2.20. The third-order valence-corrected chi connectivity index (χ3v) is 5.28. The molecule has 0 radical (unpaired) electrons. The summed E-state index contributed by atoms with van der Waals surface area (Å²) in [6.07, 6.45) is 0.398. The second-order valence-corrected chi connectivity index (χ2v) is 6.53. The number of aryl methyl sites for hydroxylation is 1. The van der Waals surface area contributed by atoms with Gasteiger partial charge in [-0.05, 0) is 31.0 Å². The van der Waals surface area contributed by atoms with Crippen molar-refractivity contribution >= 4 is 27.3 Å². The molecule has 3 N–H and O–H groups in total. The van der Waals surface area contributed by atoms with Gasteiger partial charge in [0, 0.05) is 19.7 Å². The molecule has 5 nitrogen and oxygen atoms in total. The van der Waals surface area contributed by atoms with Gasteiger partial charge in [-0.25, -0.2) is 8.42 Å². The third kappa shape index (κ3) is 3.60. The van der Waals surface area contributed by atoms with Crippen LogP contribution in [0.15, 0.2) is 17.0 Å². The summed E-state index contributed by atoms with van der Waals surface area (Å²) in [4.78, 5) is 0.131. The van der Waals surface area contributed by atoms with Gasteiger partial charge in [-0.15, -0.1) is 0 Å². The molecule has 1 aromatic carbocycles. The topological polar surface area (TPSA) is 83.6 Å². The van der Waals surface area contributed by atoms with E-state index in [0.29, 0.717) is 23.6 Å². The lowest BCUT2D eigenvalue weighted by atomic mass is 10.2. The molecule has 19 heavy (non-hydrogen) atoms. The molecule has 0 saturated heterocycles. The van der Waals surface area contributed by atoms with E-state index in [4.69, 9.17) is 22.4 Å². The van der Waals surface area contributed by atoms with Crippen molar-refractivity contribution in [2.75, 3.05) is 25.4 Å². The molecule has 0 aliphatic heterocycles. The Hall–Kier alpha value is -0.820. The second kappa shape index (κ2) is 6.56. The van der Waals surface area contributed by atoms with Crippen LogP contribution in [0.5, 0.6) is 0 Å². The van der Waals surface area contributed by atoms with Crippen LogP contribution >= 0.6 is 11.6 Å². The number of nitrogens with zero attached hydrogens (tertiary/aromatic N) is 1. The number of sulfonamides is 1. The van der Waals surface area contributed by atoms with E-state index in [1.807, 2.05) is 0 Å². The number of benzene rings is 1. The second-order valence-electron chi connectivity index (χ2n) is 4.22. The molecule has 0 saturated carbocycles. The minimum Gasteiger partial charge on any atom is -0.397 e. The van der Waals surface area contributed by atoms with Crippen LogP contribution in [-0.2, 0) is 10.0 Å². The summed E-state index contributed by atoms with van der Waals surface area (Å²) in [6, 6.07) is 2.88. The third-order valence-electron chi connectivity index (χ3n) is 2.81. The molecule has 0 aliphatic carbocycles. The lowest BCUT2D eigenvalue weighted by molar-refractivity contribution is 0.271. The number of halogens is 1. The molecule has 108 valence electrons. The summed E-state index contributed by atoms with van der Waals surface area (Å²) in [5, 5.41) is 9.19. The van der Waals surface area contributed by atoms with Crippen LogP contribution in [0.4, 0.5) is 5.69 Å². The van der Waals surface area contributed by atoms with Gasteiger partial charge in [-0.1, -0.05) is 18.5 Å². The molecule has 0 heterocycles. The van der Waals surface area contributed by atoms with Crippen molar-refractivity contribution in [3.63, 3.8) is 0 Å². The molecule has 1 aromatic rings. The average molecular weight is 307 g/mol. The highest BCUT2D eigenvalue weighted by Crippen LogP contribution is 2.28. The number of rotatable bonds is 6. The summed E-state index contributed by atoms with van der Waals surface area (Å²) >= 11 is 5.93. The number of nitrogen functional groups attached to an aromatic ring is 1. The fourth-order valence-electron chi connectivity index (χ4n) is 1.76. The smallest absolute Gasteiger partial charge is 0.243 e. The van der Waals surface area contributed by atoms with Gasteiger partial charge < -0.3 is 10.8 Å². The summed E-state index contributed by atoms with van der Waals surface area (Å²) in [5.74, 6) is 0. The summed E-state index contributed by atoms with van der Waals surface area (Å²) < 4.78 is 26.2. The van der Waals surface area contributed by atoms with E-state index >= 15 is 0 Å². The number of nitrogens with two attached hydrogens (primary N) is 1. The maximum absolute atomic E-state index is 12.4. The predicted molar refractivity (Wildman–Crippen MR) is 76.7 cm³/mol. The van der Waals surface area contributed by atoms with Crippen LogP contribution in [0.3, 0.4) is 0 Å². The molecule has 0 unspecified atom stereocenters. The fourth-order valence-corrected chi connectivity index (χ4v) is 3.47. The van der Waals surface area contributed by atoms with Gasteiger partial charge in [0.1, 0.15) is 0 Å². The predicted octanol–water partition coefficient (Wildman–Crippen LogP) is 1.62. The summed E-state index contributed by atoms with van der Waals surface area (Å²) in [6.45, 7) is 4.03. The fraction of sp³-hybridized carbons (Fsp3) is 0.500. The maximum atomic E-state index is 12.4. The van der Waals surface area contributed by atoms with Gasteiger partial charge >= 0.3 is 0 Å². The maximum Gasteiger partial charge on any atom is 0.243 e. The van der Waals surface area contributed by atoms with E-state index in [-0.39, 0.29) is 23.7 Å². The van der Waals surface area contributed by atoms with Crippen molar-refractivity contribution in [2.45, 2.75) is 25.2 Å². The van der Waals surface area contributed by atoms with Gasteiger partial charge in [0.05, 0.1) is 15.6 Å². The van der Waals surface area contributed by atoms with E-state index in [1.165, 1.54) is 16.4 Å². The van der Waals surface area contributed by atoms with Gasteiger partial charge in [0.2, 0.25) is 10.0 Å². The van der Waals surface area contributed by atoms with E-state index in [0.717, 1.165) is 0 Å². The SMILES string of the molecule is CCN(CCCO)S(=O)(=O)c1cc(C)c(Cl)c(N)c1. The zero-order valence-corrected chi connectivity index (χ0v) is 12.6. The molecule has 0 aromatic heterocycles. The molecule has 1 rings (SSSR count). The van der Waals surface area contributed by atoms with Gasteiger partial charge in [0.25, 0.3) is 0 Å². The Kier molecular flexibility index (Phi) is 5.61.